The summed E-state index contributed by atoms with van der Waals surface area (Å²) in [7, 11) is 2.98. The molecule has 2 aromatic rings. The van der Waals surface area contributed by atoms with Crippen LogP contribution in [0, 0.1) is 30.6 Å². The molecule has 11 nitrogen and oxygen atoms in total. The molecular weight excluding hydrogens is 520 g/mol. The molecule has 208 valence electrons. The van der Waals surface area contributed by atoms with Gasteiger partial charge in [-0.15, -0.1) is 0 Å². The highest BCUT2D eigenvalue weighted by atomic mass is 16.5. The van der Waals surface area contributed by atoms with E-state index in [1.165, 1.54) is 37.2 Å². The van der Waals surface area contributed by atoms with Gasteiger partial charge in [0.05, 0.1) is 23.1 Å². The van der Waals surface area contributed by atoms with Crippen molar-refractivity contribution in [3.63, 3.8) is 0 Å². The minimum atomic E-state index is -2.88. The molecule has 4 N–H and O–H groups in total. The number of ketones is 4. The van der Waals surface area contributed by atoms with Gasteiger partial charge in [0.2, 0.25) is 5.91 Å². The van der Waals surface area contributed by atoms with Crippen LogP contribution in [-0.4, -0.2) is 75.9 Å². The lowest BCUT2D eigenvalue weighted by molar-refractivity contribution is -0.184. The van der Waals surface area contributed by atoms with Crippen molar-refractivity contribution in [1.82, 2.24) is 4.90 Å². The molecule has 0 spiro atoms. The summed E-state index contributed by atoms with van der Waals surface area (Å²) >= 11 is 0. The number of fused-ring (bicyclic) bond motifs is 3. The number of aromatic hydroxyl groups is 1. The molecule has 5 rings (SSSR count). The second-order valence-electron chi connectivity index (χ2n) is 10.9. The Morgan fingerprint density at radius 1 is 1.02 bits per heavy atom. The number of aryl methyl sites for hydroxylation is 1. The van der Waals surface area contributed by atoms with Gasteiger partial charge < -0.3 is 20.7 Å². The van der Waals surface area contributed by atoms with Gasteiger partial charge in [-0.25, -0.2) is 4.79 Å². The number of esters is 1. The number of aliphatic hydroxyl groups is 1. The van der Waals surface area contributed by atoms with Gasteiger partial charge >= 0.3 is 5.97 Å². The highest BCUT2D eigenvalue weighted by Crippen LogP contribution is 2.55. The molecular formula is C29H28N2O9. The summed E-state index contributed by atoms with van der Waals surface area (Å²) in [6, 6.07) is 9.56. The van der Waals surface area contributed by atoms with Crippen LogP contribution >= 0.6 is 0 Å². The topological polar surface area (TPSA) is 181 Å². The average molecular weight is 549 g/mol. The summed E-state index contributed by atoms with van der Waals surface area (Å²) in [5, 5.41) is 22.4. The van der Waals surface area contributed by atoms with Crippen LogP contribution in [0.4, 0.5) is 0 Å². The third-order valence-electron chi connectivity index (χ3n) is 8.47. The molecule has 0 aliphatic heterocycles. The van der Waals surface area contributed by atoms with E-state index in [2.05, 4.69) is 0 Å². The standard InChI is InChI=1S/C29H28N2O9/c1-12-9-10-16(32)19-17(12)24(40-28(38)13-7-5-4-6-8-13)14-11-15-21(31(2)3)23(34)20(27(30)37)26(36)29(15,39)25(35)18(14)22(19)33/h4-10,14-15,18,20-21,24,32,39H,11H2,1-3H3,(H2,30,37)/t14-,15-,18?,20?,21?,24+,29-/m0/s1. The monoisotopic (exact) mass is 548 g/mol. The molecule has 2 fully saturated rings. The predicted molar refractivity (Wildman–Crippen MR) is 137 cm³/mol. The number of nitrogens with two attached hydrogens (primary N) is 1. The van der Waals surface area contributed by atoms with Crippen LogP contribution in [0.1, 0.15) is 44.4 Å². The normalized spacial score (nSPS) is 31.3. The van der Waals surface area contributed by atoms with Gasteiger partial charge in [-0.2, -0.15) is 0 Å². The van der Waals surface area contributed by atoms with Crippen LogP contribution in [0.2, 0.25) is 0 Å². The highest BCUT2D eigenvalue weighted by Gasteiger charge is 2.70. The molecule has 1 amide bonds. The van der Waals surface area contributed by atoms with Gasteiger partial charge in [-0.3, -0.25) is 28.9 Å². The van der Waals surface area contributed by atoms with Crippen molar-refractivity contribution in [2.75, 3.05) is 14.1 Å². The number of amides is 1. The molecule has 7 atom stereocenters. The van der Waals surface area contributed by atoms with Crippen molar-refractivity contribution in [1.29, 1.82) is 0 Å². The van der Waals surface area contributed by atoms with E-state index in [1.807, 2.05) is 0 Å². The Morgan fingerprint density at radius 3 is 2.27 bits per heavy atom. The summed E-state index contributed by atoms with van der Waals surface area (Å²) in [6.45, 7) is 1.66. The minimum absolute atomic E-state index is 0.201. The fourth-order valence-electron chi connectivity index (χ4n) is 6.70. The van der Waals surface area contributed by atoms with Crippen molar-refractivity contribution in [2.24, 2.45) is 29.4 Å². The predicted octanol–water partition coefficient (Wildman–Crippen LogP) is 0.531. The molecule has 0 radical (unpaired) electrons. The number of carbonyl (C=O) groups excluding carboxylic acids is 6. The number of primary amides is 1. The summed E-state index contributed by atoms with van der Waals surface area (Å²) in [4.78, 5) is 81.5. The van der Waals surface area contributed by atoms with Crippen LogP contribution in [0.25, 0.3) is 0 Å². The number of rotatable bonds is 4. The Morgan fingerprint density at radius 2 is 1.68 bits per heavy atom. The van der Waals surface area contributed by atoms with Gasteiger partial charge in [-0.1, -0.05) is 24.3 Å². The maximum absolute atomic E-state index is 14.1. The number of ether oxygens (including phenoxy) is 1. The van der Waals surface area contributed by atoms with Gasteiger partial charge in [0.1, 0.15) is 11.9 Å². The smallest absolute Gasteiger partial charge is 0.338 e. The first-order valence-corrected chi connectivity index (χ1v) is 12.8. The summed E-state index contributed by atoms with van der Waals surface area (Å²) in [5.74, 6) is -13.1. The Bertz CT molecular complexity index is 1480. The zero-order valence-corrected chi connectivity index (χ0v) is 22.0. The molecule has 0 aromatic heterocycles. The third kappa shape index (κ3) is 3.72. The number of nitrogens with zero attached hydrogens (tertiary/aromatic N) is 1. The molecule has 3 aliphatic carbocycles. The largest absolute Gasteiger partial charge is 0.507 e. The van der Waals surface area contributed by atoms with E-state index in [4.69, 9.17) is 10.5 Å². The Balaban J connectivity index is 1.70. The van der Waals surface area contributed by atoms with Crippen molar-refractivity contribution < 1.29 is 43.7 Å². The van der Waals surface area contributed by atoms with Gasteiger partial charge in [0.15, 0.2) is 34.7 Å². The van der Waals surface area contributed by atoms with E-state index in [9.17, 15) is 39.0 Å². The number of likely N-dealkylation sites (N-methyl/N-ethyl adjacent to an activating group) is 1. The lowest BCUT2D eigenvalue weighted by Crippen LogP contribution is -2.74. The molecule has 0 heterocycles. The second-order valence-corrected chi connectivity index (χ2v) is 10.9. The van der Waals surface area contributed by atoms with Crippen molar-refractivity contribution in [3.8, 4) is 5.75 Å². The maximum Gasteiger partial charge on any atom is 0.338 e. The second kappa shape index (κ2) is 9.46. The molecule has 3 aliphatic rings. The van der Waals surface area contributed by atoms with Gasteiger partial charge in [0.25, 0.3) is 0 Å². The van der Waals surface area contributed by atoms with E-state index >= 15 is 0 Å². The van der Waals surface area contributed by atoms with Crippen LogP contribution in [-0.2, 0) is 23.9 Å². The Hall–Kier alpha value is -4.22. The lowest BCUT2D eigenvalue weighted by atomic mass is 9.51. The number of hydrogen-bond donors (Lipinski definition) is 3. The third-order valence-corrected chi connectivity index (χ3v) is 8.47. The molecule has 2 saturated carbocycles. The van der Waals surface area contributed by atoms with E-state index in [1.54, 1.807) is 31.2 Å². The van der Waals surface area contributed by atoms with Gasteiger partial charge in [-0.05, 0) is 51.2 Å². The Labute approximate surface area is 228 Å². The SMILES string of the molecule is Cc1ccc(O)c2c1[C@H](OC(=O)c1ccccc1)[C@H]1C[C@H]3C(N(C)C)C(=O)C(C(N)=O)C(=O)[C@@]3(O)C(=O)C1C2=O. The fourth-order valence-corrected chi connectivity index (χ4v) is 6.70. The maximum atomic E-state index is 14.1. The van der Waals surface area contributed by atoms with E-state index in [-0.39, 0.29) is 23.1 Å². The van der Waals surface area contributed by atoms with Crippen LogP contribution in [0.5, 0.6) is 5.75 Å². The number of Topliss-reactive ketones (excluding diaryl/α,β-unsaturated/α-hetero) is 4. The summed E-state index contributed by atoms with van der Waals surface area (Å²) < 4.78 is 5.93. The minimum Gasteiger partial charge on any atom is -0.507 e. The fraction of sp³-hybridized carbons (Fsp3) is 0.379. The zero-order chi connectivity index (χ0) is 29.3. The first-order chi connectivity index (χ1) is 18.8. The quantitative estimate of drug-likeness (QED) is 0.360. The molecule has 0 bridgehead atoms. The van der Waals surface area contributed by atoms with Gasteiger partial charge in [0, 0.05) is 17.4 Å². The van der Waals surface area contributed by atoms with E-state index in [0.29, 0.717) is 5.56 Å². The van der Waals surface area contributed by atoms with Crippen LogP contribution in [0.3, 0.4) is 0 Å². The first kappa shape index (κ1) is 27.4. The van der Waals surface area contributed by atoms with E-state index < -0.39 is 82.2 Å². The molecule has 11 heteroatoms. The van der Waals surface area contributed by atoms with E-state index in [0.717, 1.165) is 0 Å². The van der Waals surface area contributed by atoms with Crippen molar-refractivity contribution in [3.05, 3.63) is 64.7 Å². The van der Waals surface area contributed by atoms with Crippen LogP contribution < -0.4 is 5.73 Å². The molecule has 0 saturated heterocycles. The van der Waals surface area contributed by atoms with Crippen molar-refractivity contribution in [2.45, 2.75) is 31.1 Å². The first-order valence-electron chi connectivity index (χ1n) is 12.8. The molecule has 2 aromatic carbocycles. The molecule has 3 unspecified atom stereocenters. The number of hydrogen-bond acceptors (Lipinski definition) is 10. The lowest BCUT2D eigenvalue weighted by Gasteiger charge is -2.53. The number of phenolic OH excluding ortho intramolecular Hbond substituents is 1. The van der Waals surface area contributed by atoms with Crippen LogP contribution in [0.15, 0.2) is 42.5 Å². The number of benzene rings is 2. The highest BCUT2D eigenvalue weighted by molar-refractivity contribution is 6.32. The molecule has 40 heavy (non-hydrogen) atoms. The number of phenols is 1. The Kier molecular flexibility index (Phi) is 6.47. The summed E-state index contributed by atoms with van der Waals surface area (Å²) in [5.41, 5.74) is 3.13. The zero-order valence-electron chi connectivity index (χ0n) is 22.0. The number of carbonyl (C=O) groups is 6. The van der Waals surface area contributed by atoms with Crippen molar-refractivity contribution >= 4 is 35.0 Å². The average Bonchev–Trinajstić information content (AvgIpc) is 2.90. The summed E-state index contributed by atoms with van der Waals surface area (Å²) in [6.07, 6.45) is -1.50.